The number of nitrogens with zero attached hydrogens (tertiary/aromatic N) is 3. The highest BCUT2D eigenvalue weighted by molar-refractivity contribution is 9.10. The number of hydrogen-bond donors (Lipinski definition) is 2. The quantitative estimate of drug-likeness (QED) is 0.159. The molecule has 6 rings (SSSR count). The van der Waals surface area contributed by atoms with E-state index in [-0.39, 0.29) is 18.2 Å². The van der Waals surface area contributed by atoms with Crippen molar-refractivity contribution >= 4 is 27.8 Å². The minimum Gasteiger partial charge on any atom is -0.497 e. The predicted molar refractivity (Wildman–Crippen MR) is 177 cm³/mol. The van der Waals surface area contributed by atoms with Gasteiger partial charge < -0.3 is 19.4 Å². The number of methoxy groups -OCH3 is 1. The molecule has 1 saturated carbocycles. The lowest BCUT2D eigenvalue weighted by Gasteiger charge is -2.16. The topological polar surface area (TPSA) is 99.4 Å². The third-order valence-corrected chi connectivity index (χ3v) is 8.55. The van der Waals surface area contributed by atoms with Crippen LogP contribution in [-0.4, -0.2) is 27.5 Å². The van der Waals surface area contributed by atoms with Gasteiger partial charge in [-0.3, -0.25) is 10.1 Å². The molecule has 0 radical (unpaired) electrons. The molecule has 3 aromatic carbocycles. The second kappa shape index (κ2) is 13.4. The van der Waals surface area contributed by atoms with Crippen LogP contribution in [0.25, 0.3) is 5.69 Å². The van der Waals surface area contributed by atoms with Crippen LogP contribution in [0.15, 0.2) is 100 Å². The van der Waals surface area contributed by atoms with E-state index in [9.17, 15) is 9.59 Å². The summed E-state index contributed by atoms with van der Waals surface area (Å²) >= 11 is 3.46. The zero-order chi connectivity index (χ0) is 31.3. The summed E-state index contributed by atoms with van der Waals surface area (Å²) in [6, 6.07) is 28.6. The van der Waals surface area contributed by atoms with Crippen molar-refractivity contribution in [1.82, 2.24) is 19.7 Å². The number of benzene rings is 3. The normalized spacial score (nSPS) is 12.5. The number of anilines is 1. The van der Waals surface area contributed by atoms with Crippen LogP contribution in [0.2, 0.25) is 0 Å². The third-order valence-electron chi connectivity index (χ3n) is 7.82. The van der Waals surface area contributed by atoms with E-state index in [1.165, 1.54) is 0 Å². The van der Waals surface area contributed by atoms with Crippen LogP contribution < -0.4 is 25.7 Å². The average molecular weight is 669 g/mol. The molecule has 2 aromatic heterocycles. The average Bonchev–Trinajstić information content (AvgIpc) is 3.84. The third kappa shape index (κ3) is 7.12. The number of carbonyl (C=O) groups excluding carboxylic acids is 1. The number of ether oxygens (including phenoxy) is 2. The van der Waals surface area contributed by atoms with Crippen LogP contribution in [0.5, 0.6) is 11.5 Å². The number of aromatic nitrogens is 3. The number of carbonyl (C=O) groups is 1. The molecule has 1 aliphatic carbocycles. The van der Waals surface area contributed by atoms with Gasteiger partial charge in [-0.15, -0.1) is 0 Å². The molecular weight excluding hydrogens is 634 g/mol. The summed E-state index contributed by atoms with van der Waals surface area (Å²) in [7, 11) is 1.62. The molecule has 2 amide bonds. The summed E-state index contributed by atoms with van der Waals surface area (Å²) in [6.07, 6.45) is 2.24. The Morgan fingerprint density at radius 3 is 2.40 bits per heavy atom. The fourth-order valence-corrected chi connectivity index (χ4v) is 5.57. The molecule has 2 N–H and O–H groups in total. The first kappa shape index (κ1) is 30.2. The van der Waals surface area contributed by atoms with E-state index in [1.54, 1.807) is 16.4 Å². The molecular formula is C35H34BrN5O4. The Bertz CT molecular complexity index is 1860. The Morgan fingerprint density at radius 1 is 0.978 bits per heavy atom. The van der Waals surface area contributed by atoms with E-state index in [0.717, 1.165) is 52.4 Å². The van der Waals surface area contributed by atoms with Crippen molar-refractivity contribution in [1.29, 1.82) is 0 Å². The van der Waals surface area contributed by atoms with Crippen LogP contribution in [0.4, 0.5) is 10.6 Å². The molecule has 5 aromatic rings. The Labute approximate surface area is 269 Å². The van der Waals surface area contributed by atoms with Gasteiger partial charge in [-0.1, -0.05) is 54.6 Å². The zero-order valence-corrected chi connectivity index (χ0v) is 26.7. The molecule has 0 atom stereocenters. The van der Waals surface area contributed by atoms with E-state index in [1.807, 2.05) is 97.9 Å². The van der Waals surface area contributed by atoms with Crippen molar-refractivity contribution in [2.45, 2.75) is 45.4 Å². The van der Waals surface area contributed by atoms with Gasteiger partial charge in [0.25, 0.3) is 5.56 Å². The number of halogens is 1. The summed E-state index contributed by atoms with van der Waals surface area (Å²) in [6.45, 7) is 2.84. The van der Waals surface area contributed by atoms with Gasteiger partial charge in [0.1, 0.15) is 28.4 Å². The Kier molecular flexibility index (Phi) is 9.02. The van der Waals surface area contributed by atoms with E-state index in [0.29, 0.717) is 35.0 Å². The first-order valence-electron chi connectivity index (χ1n) is 14.8. The number of hydrogen-bond acceptors (Lipinski definition) is 5. The lowest BCUT2D eigenvalue weighted by molar-refractivity contribution is 0.251. The first-order valence-corrected chi connectivity index (χ1v) is 15.6. The van der Waals surface area contributed by atoms with E-state index < -0.39 is 0 Å². The SMILES string of the molecule is COc1ccc(Cn2c(C)cc(OCc3ccccc3CNC(=O)Nc3cc(C4CC4)nn3-c3ccccc3)c(Br)c2=O)cc1. The van der Waals surface area contributed by atoms with Crippen molar-refractivity contribution in [3.63, 3.8) is 0 Å². The highest BCUT2D eigenvalue weighted by Crippen LogP contribution is 2.40. The largest absolute Gasteiger partial charge is 0.497 e. The van der Waals surface area contributed by atoms with Gasteiger partial charge in [-0.05, 0) is 76.7 Å². The van der Waals surface area contributed by atoms with Gasteiger partial charge in [-0.2, -0.15) is 5.10 Å². The van der Waals surface area contributed by atoms with E-state index >= 15 is 0 Å². The molecule has 45 heavy (non-hydrogen) atoms. The van der Waals surface area contributed by atoms with Crippen LogP contribution in [0.3, 0.4) is 0 Å². The number of pyridine rings is 1. The van der Waals surface area contributed by atoms with E-state index in [2.05, 4.69) is 26.6 Å². The summed E-state index contributed by atoms with van der Waals surface area (Å²) in [5.74, 6) is 2.31. The smallest absolute Gasteiger partial charge is 0.320 e. The number of aryl methyl sites for hydroxylation is 1. The molecule has 0 bridgehead atoms. The highest BCUT2D eigenvalue weighted by Gasteiger charge is 2.28. The molecule has 9 nitrogen and oxygen atoms in total. The van der Waals surface area contributed by atoms with Crippen LogP contribution >= 0.6 is 15.9 Å². The Hall–Kier alpha value is -4.83. The maximum atomic E-state index is 13.3. The Balaban J connectivity index is 1.11. The van der Waals surface area contributed by atoms with Gasteiger partial charge in [0.15, 0.2) is 0 Å². The highest BCUT2D eigenvalue weighted by atomic mass is 79.9. The first-order chi connectivity index (χ1) is 21.9. The van der Waals surface area contributed by atoms with Crippen LogP contribution in [-0.2, 0) is 19.7 Å². The van der Waals surface area contributed by atoms with Gasteiger partial charge in [0, 0.05) is 30.3 Å². The summed E-state index contributed by atoms with van der Waals surface area (Å²) in [5, 5.41) is 10.7. The lowest BCUT2D eigenvalue weighted by atomic mass is 10.1. The minimum atomic E-state index is -0.330. The number of urea groups is 1. The molecule has 0 saturated heterocycles. The van der Waals surface area contributed by atoms with Gasteiger partial charge in [-0.25, -0.2) is 9.48 Å². The Morgan fingerprint density at radius 2 is 1.69 bits per heavy atom. The molecule has 10 heteroatoms. The molecule has 0 aliphatic heterocycles. The fraction of sp³-hybridized carbons (Fsp3) is 0.229. The monoisotopic (exact) mass is 667 g/mol. The van der Waals surface area contributed by atoms with Gasteiger partial charge in [0.05, 0.1) is 25.0 Å². The van der Waals surface area contributed by atoms with Crippen LogP contribution in [0.1, 0.15) is 46.8 Å². The maximum absolute atomic E-state index is 13.3. The van der Waals surface area contributed by atoms with E-state index in [4.69, 9.17) is 14.6 Å². The van der Waals surface area contributed by atoms with Crippen molar-refractivity contribution in [3.05, 3.63) is 134 Å². The second-order valence-corrected chi connectivity index (χ2v) is 11.8. The van der Waals surface area contributed by atoms with Crippen LogP contribution in [0, 0.1) is 6.92 Å². The summed E-state index contributed by atoms with van der Waals surface area (Å²) < 4.78 is 15.2. The molecule has 1 aliphatic rings. The number of rotatable bonds is 11. The molecule has 1 fully saturated rings. The van der Waals surface area contributed by atoms with Crippen molar-refractivity contribution in [2.24, 2.45) is 0 Å². The minimum absolute atomic E-state index is 0.174. The molecule has 0 spiro atoms. The molecule has 2 heterocycles. The molecule has 230 valence electrons. The van der Waals surface area contributed by atoms with Gasteiger partial charge >= 0.3 is 6.03 Å². The summed E-state index contributed by atoms with van der Waals surface area (Å²) in [5.41, 5.74) is 5.27. The van der Waals surface area contributed by atoms with Crippen molar-refractivity contribution in [3.8, 4) is 17.2 Å². The van der Waals surface area contributed by atoms with Gasteiger partial charge in [0.2, 0.25) is 0 Å². The van der Waals surface area contributed by atoms with Crippen molar-refractivity contribution in [2.75, 3.05) is 12.4 Å². The number of amides is 2. The number of nitrogens with one attached hydrogen (secondary N) is 2. The zero-order valence-electron chi connectivity index (χ0n) is 25.1. The van der Waals surface area contributed by atoms with Crippen molar-refractivity contribution < 1.29 is 14.3 Å². The number of para-hydroxylation sites is 1. The second-order valence-electron chi connectivity index (χ2n) is 11.0. The lowest BCUT2D eigenvalue weighted by Crippen LogP contribution is -2.29. The maximum Gasteiger partial charge on any atom is 0.320 e. The fourth-order valence-electron chi connectivity index (χ4n) is 5.13. The molecule has 0 unspecified atom stereocenters. The standard InChI is InChI=1S/C35H34BrN5O4/c1-23-18-31(33(36)34(42)40(23)21-24-12-16-29(44-2)17-13-24)45-22-27-9-7-6-8-26(27)20-37-35(43)38-32-19-30(25-14-15-25)39-41(32)28-10-4-3-5-11-28/h3-13,16-19,25H,14-15,20-22H2,1-2H3,(H2,37,38,43). The predicted octanol–water partition coefficient (Wildman–Crippen LogP) is 6.94. The summed E-state index contributed by atoms with van der Waals surface area (Å²) in [4.78, 5) is 26.3.